The van der Waals surface area contributed by atoms with Gasteiger partial charge in [-0.3, -0.25) is 0 Å². The van der Waals surface area contributed by atoms with Crippen LogP contribution in [0.2, 0.25) is 0 Å². The van der Waals surface area contributed by atoms with E-state index in [1.807, 2.05) is 0 Å². The van der Waals surface area contributed by atoms with Crippen molar-refractivity contribution in [2.75, 3.05) is 7.11 Å². The first-order valence-electron chi connectivity index (χ1n) is 9.15. The Morgan fingerprint density at radius 2 is 2.12 bits per heavy atom. The molecule has 2 heterocycles. The zero-order valence-corrected chi connectivity index (χ0v) is 15.3. The molecule has 2 aliphatic carbocycles. The molecule has 4 rings (SSSR count). The first kappa shape index (κ1) is 16.7. The van der Waals surface area contributed by atoms with Crippen LogP contribution < -0.4 is 4.74 Å². The molecule has 132 valence electrons. The molecule has 2 atom stereocenters. The van der Waals surface area contributed by atoms with Crippen molar-refractivity contribution in [2.24, 2.45) is 0 Å². The lowest BCUT2D eigenvalue weighted by Crippen LogP contribution is -2.20. The molecule has 2 aromatic heterocycles. The molecule has 2 aliphatic rings. The highest BCUT2D eigenvalue weighted by molar-refractivity contribution is 7.19. The Kier molecular flexibility index (Phi) is 4.87. The first-order valence-corrected chi connectivity index (χ1v) is 9.97. The standard InChI is InChI=1S/C19H23N3O2S/c1-23-14(10-20)9-12-7-8-15-16(12)17-18(21-11-22-19(17)25-15)24-13-5-3-2-4-6-13/h11-14H,2-9H2,1H3/t12-,14+/m1/s1. The maximum atomic E-state index is 9.25. The minimum Gasteiger partial charge on any atom is -0.474 e. The van der Waals surface area contributed by atoms with Gasteiger partial charge in [-0.25, -0.2) is 9.97 Å². The minimum absolute atomic E-state index is 0.271. The molecule has 0 aromatic carbocycles. The summed E-state index contributed by atoms with van der Waals surface area (Å²) in [6.07, 6.45) is 10.4. The molecular weight excluding hydrogens is 334 g/mol. The Bertz CT molecular complexity index is 792. The molecule has 0 radical (unpaired) electrons. The van der Waals surface area contributed by atoms with Crippen molar-refractivity contribution in [2.45, 2.75) is 69.5 Å². The summed E-state index contributed by atoms with van der Waals surface area (Å²) in [6, 6.07) is 2.25. The summed E-state index contributed by atoms with van der Waals surface area (Å²) in [4.78, 5) is 11.4. The van der Waals surface area contributed by atoms with Crippen LogP contribution in [0.1, 0.15) is 61.3 Å². The SMILES string of the molecule is CO[C@H](C#N)C[C@H]1CCc2sc3ncnc(OC4CCCCC4)c3c21. The fraction of sp³-hybridized carbons (Fsp3) is 0.632. The van der Waals surface area contributed by atoms with Gasteiger partial charge in [0.25, 0.3) is 0 Å². The summed E-state index contributed by atoms with van der Waals surface area (Å²) in [5.41, 5.74) is 1.31. The van der Waals surface area contributed by atoms with Crippen LogP contribution in [0.3, 0.4) is 0 Å². The summed E-state index contributed by atoms with van der Waals surface area (Å²) >= 11 is 1.75. The number of thiophene rings is 1. The summed E-state index contributed by atoms with van der Waals surface area (Å²) in [7, 11) is 1.61. The monoisotopic (exact) mass is 357 g/mol. The second-order valence-electron chi connectivity index (χ2n) is 7.00. The fourth-order valence-electron chi connectivity index (χ4n) is 4.17. The van der Waals surface area contributed by atoms with Crippen molar-refractivity contribution in [3.8, 4) is 11.9 Å². The maximum absolute atomic E-state index is 9.25. The highest BCUT2D eigenvalue weighted by Gasteiger charge is 2.32. The summed E-state index contributed by atoms with van der Waals surface area (Å²) in [5, 5.41) is 10.3. The summed E-state index contributed by atoms with van der Waals surface area (Å²) < 4.78 is 11.6. The van der Waals surface area contributed by atoms with Crippen LogP contribution in [-0.2, 0) is 11.2 Å². The number of aromatic nitrogens is 2. The molecule has 2 aromatic rings. The van der Waals surface area contributed by atoms with E-state index in [9.17, 15) is 5.26 Å². The lowest BCUT2D eigenvalue weighted by Gasteiger charge is -2.23. The van der Waals surface area contributed by atoms with Crippen LogP contribution in [-0.4, -0.2) is 29.3 Å². The normalized spacial score (nSPS) is 21.8. The van der Waals surface area contributed by atoms with Crippen molar-refractivity contribution in [1.29, 1.82) is 5.26 Å². The Morgan fingerprint density at radius 1 is 1.28 bits per heavy atom. The largest absolute Gasteiger partial charge is 0.474 e. The van der Waals surface area contributed by atoms with Crippen LogP contribution in [0, 0.1) is 11.3 Å². The maximum Gasteiger partial charge on any atom is 0.225 e. The average Bonchev–Trinajstić information content (AvgIpc) is 3.20. The van der Waals surface area contributed by atoms with Crippen molar-refractivity contribution in [3.63, 3.8) is 0 Å². The zero-order valence-electron chi connectivity index (χ0n) is 14.5. The van der Waals surface area contributed by atoms with Crippen LogP contribution in [0.4, 0.5) is 0 Å². The van der Waals surface area contributed by atoms with Crippen molar-refractivity contribution >= 4 is 21.6 Å². The number of fused-ring (bicyclic) bond motifs is 3. The van der Waals surface area contributed by atoms with Gasteiger partial charge in [0.1, 0.15) is 23.4 Å². The van der Waals surface area contributed by atoms with Gasteiger partial charge in [-0.1, -0.05) is 6.42 Å². The number of nitriles is 1. The van der Waals surface area contributed by atoms with E-state index in [1.54, 1.807) is 24.8 Å². The lowest BCUT2D eigenvalue weighted by atomic mass is 9.94. The van der Waals surface area contributed by atoms with E-state index in [4.69, 9.17) is 9.47 Å². The molecule has 6 heteroatoms. The molecule has 0 bridgehead atoms. The lowest BCUT2D eigenvalue weighted by molar-refractivity contribution is 0.132. The number of hydrogen-bond donors (Lipinski definition) is 0. The van der Waals surface area contributed by atoms with E-state index < -0.39 is 0 Å². The molecule has 0 unspecified atom stereocenters. The Morgan fingerprint density at radius 3 is 2.88 bits per heavy atom. The van der Waals surface area contributed by atoms with Crippen LogP contribution in [0.25, 0.3) is 10.2 Å². The minimum atomic E-state index is -0.363. The van der Waals surface area contributed by atoms with E-state index in [-0.39, 0.29) is 12.2 Å². The van der Waals surface area contributed by atoms with E-state index in [0.29, 0.717) is 5.92 Å². The fourth-order valence-corrected chi connectivity index (χ4v) is 5.40. The Hall–Kier alpha value is -1.71. The molecule has 1 saturated carbocycles. The molecule has 0 N–H and O–H groups in total. The molecular formula is C19H23N3O2S. The summed E-state index contributed by atoms with van der Waals surface area (Å²) in [6.45, 7) is 0. The van der Waals surface area contributed by atoms with Gasteiger partial charge in [0.05, 0.1) is 11.5 Å². The number of hydrogen-bond acceptors (Lipinski definition) is 6. The molecule has 0 amide bonds. The number of nitrogens with zero attached hydrogens (tertiary/aromatic N) is 3. The molecule has 0 saturated heterocycles. The smallest absolute Gasteiger partial charge is 0.225 e. The van der Waals surface area contributed by atoms with Crippen LogP contribution in [0.5, 0.6) is 5.88 Å². The Balaban J connectivity index is 1.68. The predicted octanol–water partition coefficient (Wildman–Crippen LogP) is 4.36. The van der Waals surface area contributed by atoms with Gasteiger partial charge < -0.3 is 9.47 Å². The predicted molar refractivity (Wildman–Crippen MR) is 97.0 cm³/mol. The van der Waals surface area contributed by atoms with Gasteiger partial charge in [-0.05, 0) is 56.4 Å². The van der Waals surface area contributed by atoms with Crippen molar-refractivity contribution in [1.82, 2.24) is 9.97 Å². The second kappa shape index (κ2) is 7.27. The van der Waals surface area contributed by atoms with Gasteiger partial charge in [0, 0.05) is 12.0 Å². The van der Waals surface area contributed by atoms with Gasteiger partial charge in [0.2, 0.25) is 5.88 Å². The van der Waals surface area contributed by atoms with Crippen LogP contribution >= 0.6 is 11.3 Å². The zero-order chi connectivity index (χ0) is 17.2. The van der Waals surface area contributed by atoms with Gasteiger partial charge in [0.15, 0.2) is 0 Å². The summed E-state index contributed by atoms with van der Waals surface area (Å²) in [5.74, 6) is 1.07. The van der Waals surface area contributed by atoms with Crippen molar-refractivity contribution in [3.05, 3.63) is 16.8 Å². The quantitative estimate of drug-likeness (QED) is 0.795. The third-order valence-electron chi connectivity index (χ3n) is 5.45. The van der Waals surface area contributed by atoms with Gasteiger partial charge in [-0.2, -0.15) is 5.26 Å². The number of methoxy groups -OCH3 is 1. The molecule has 0 aliphatic heterocycles. The molecule has 0 spiro atoms. The van der Waals surface area contributed by atoms with E-state index >= 15 is 0 Å². The molecule has 1 fully saturated rings. The van der Waals surface area contributed by atoms with Gasteiger partial charge in [-0.15, -0.1) is 11.3 Å². The topological polar surface area (TPSA) is 68.0 Å². The second-order valence-corrected chi connectivity index (χ2v) is 8.08. The van der Waals surface area contributed by atoms with Gasteiger partial charge >= 0.3 is 0 Å². The van der Waals surface area contributed by atoms with E-state index in [1.165, 1.54) is 29.7 Å². The Labute approximate surface area is 152 Å². The first-order chi connectivity index (χ1) is 12.3. The van der Waals surface area contributed by atoms with E-state index in [2.05, 4.69) is 16.0 Å². The number of ether oxygens (including phenoxy) is 2. The molecule has 5 nitrogen and oxygen atoms in total. The van der Waals surface area contributed by atoms with E-state index in [0.717, 1.165) is 48.2 Å². The third-order valence-corrected chi connectivity index (χ3v) is 6.63. The van der Waals surface area contributed by atoms with Crippen molar-refractivity contribution < 1.29 is 9.47 Å². The third kappa shape index (κ3) is 3.23. The van der Waals surface area contributed by atoms with Crippen LogP contribution in [0.15, 0.2) is 6.33 Å². The highest BCUT2D eigenvalue weighted by Crippen LogP contribution is 2.47. The number of rotatable bonds is 5. The average molecular weight is 357 g/mol. The molecule has 25 heavy (non-hydrogen) atoms. The highest BCUT2D eigenvalue weighted by atomic mass is 32.1. The number of aryl methyl sites for hydroxylation is 1.